The Kier molecular flexibility index (Phi) is 9.21. The van der Waals surface area contributed by atoms with E-state index in [9.17, 15) is 0 Å². The van der Waals surface area contributed by atoms with E-state index in [1.807, 2.05) is 0 Å². The Morgan fingerprint density at radius 3 is 1.44 bits per heavy atom. The lowest BCUT2D eigenvalue weighted by molar-refractivity contribution is 0.642. The molecule has 1 aliphatic carbocycles. The Labute approximate surface area is 296 Å². The Bertz CT molecular complexity index is 2070. The molecule has 242 valence electrons. The molecule has 1 aliphatic heterocycles. The average Bonchev–Trinajstić information content (AvgIpc) is 3.78. The van der Waals surface area contributed by atoms with E-state index in [1.54, 1.807) is 0 Å². The number of benzene rings is 6. The molecule has 0 aromatic heterocycles. The van der Waals surface area contributed by atoms with Crippen molar-refractivity contribution in [3.63, 3.8) is 0 Å². The van der Waals surface area contributed by atoms with E-state index in [0.717, 1.165) is 0 Å². The van der Waals surface area contributed by atoms with Gasteiger partial charge >= 0.3 is 0 Å². The van der Waals surface area contributed by atoms with Crippen LogP contribution in [0, 0.1) is 0 Å². The fourth-order valence-corrected chi connectivity index (χ4v) is 7.76. The lowest BCUT2D eigenvalue weighted by Crippen LogP contribution is -2.26. The van der Waals surface area contributed by atoms with Gasteiger partial charge in [-0.05, 0) is 87.2 Å². The summed E-state index contributed by atoms with van der Waals surface area (Å²) in [5.41, 5.74) is 13.9. The molecule has 6 aromatic carbocycles. The first kappa shape index (κ1) is 31.4. The third-order valence-corrected chi connectivity index (χ3v) is 10.1. The highest BCUT2D eigenvalue weighted by Gasteiger charge is 2.42. The van der Waals surface area contributed by atoms with E-state index in [-0.39, 0.29) is 0 Å². The van der Waals surface area contributed by atoms with Crippen LogP contribution >= 0.6 is 0 Å². The number of rotatable bonds is 9. The van der Waals surface area contributed by atoms with Crippen molar-refractivity contribution in [2.24, 2.45) is 0 Å². The van der Waals surface area contributed by atoms with Crippen LogP contribution in [-0.2, 0) is 0 Å². The smallest absolute Gasteiger partial charge is 0.0450 e. The maximum Gasteiger partial charge on any atom is 0.0450 e. The predicted octanol–water partition coefficient (Wildman–Crippen LogP) is 12.8. The number of anilines is 2. The van der Waals surface area contributed by atoms with Crippen molar-refractivity contribution in [1.29, 1.82) is 0 Å². The van der Waals surface area contributed by atoms with Crippen molar-refractivity contribution in [1.82, 2.24) is 0 Å². The largest absolute Gasteiger partial charge is 0.338 e. The van der Waals surface area contributed by atoms with E-state index < -0.39 is 0 Å². The van der Waals surface area contributed by atoms with Crippen LogP contribution in [0.4, 0.5) is 11.4 Å². The second kappa shape index (κ2) is 14.7. The van der Waals surface area contributed by atoms with E-state index in [0.29, 0.717) is 12.0 Å². The zero-order chi connectivity index (χ0) is 33.5. The summed E-state index contributed by atoms with van der Waals surface area (Å²) in [5.74, 6) is 0.581. The normalized spacial score (nSPS) is 16.4. The third-order valence-electron chi connectivity index (χ3n) is 10.1. The predicted molar refractivity (Wildman–Crippen MR) is 213 cm³/mol. The highest BCUT2D eigenvalue weighted by Crippen LogP contribution is 2.52. The third kappa shape index (κ3) is 6.68. The molecule has 1 heteroatoms. The van der Waals surface area contributed by atoms with Gasteiger partial charge in [-0.3, -0.25) is 0 Å². The van der Waals surface area contributed by atoms with Crippen molar-refractivity contribution >= 4 is 34.7 Å². The summed E-state index contributed by atoms with van der Waals surface area (Å²) >= 11 is 0. The summed E-state index contributed by atoms with van der Waals surface area (Å²) in [6.07, 6.45) is 17.1. The van der Waals surface area contributed by atoms with Crippen LogP contribution in [0.1, 0.15) is 64.1 Å². The number of fused-ring (bicyclic) bond motifs is 3. The quantitative estimate of drug-likeness (QED) is 0.142. The van der Waals surface area contributed by atoms with Crippen LogP contribution in [0.2, 0.25) is 0 Å². The summed E-state index contributed by atoms with van der Waals surface area (Å²) < 4.78 is 0. The fraction of sp³-hybridized carbons (Fsp3) is 0.102. The molecule has 2 atom stereocenters. The summed E-state index contributed by atoms with van der Waals surface area (Å²) in [6.45, 7) is 0. The summed E-state index contributed by atoms with van der Waals surface area (Å²) in [5, 5.41) is 0. The van der Waals surface area contributed by atoms with Gasteiger partial charge in [0, 0.05) is 23.3 Å². The monoisotopic (exact) mass is 643 g/mol. The summed E-state index contributed by atoms with van der Waals surface area (Å²) in [6, 6.07) is 59.3. The maximum absolute atomic E-state index is 2.61. The Morgan fingerprint density at radius 2 is 0.940 bits per heavy atom. The first-order chi connectivity index (χ1) is 24.8. The molecule has 1 nitrogen and oxygen atoms in total. The lowest BCUT2D eigenvalue weighted by Gasteiger charge is -2.27. The molecule has 2 unspecified atom stereocenters. The van der Waals surface area contributed by atoms with Crippen LogP contribution in [0.3, 0.4) is 0 Å². The molecule has 2 aliphatic rings. The summed E-state index contributed by atoms with van der Waals surface area (Å²) in [7, 11) is 0. The van der Waals surface area contributed by atoms with Gasteiger partial charge in [0.25, 0.3) is 0 Å². The van der Waals surface area contributed by atoms with E-state index in [1.165, 1.54) is 80.7 Å². The van der Waals surface area contributed by atoms with Crippen molar-refractivity contribution in [2.75, 3.05) is 4.90 Å². The minimum absolute atomic E-state index is 0.524. The molecular weight excluding hydrogens is 603 g/mol. The Hall–Kier alpha value is -5.92. The minimum atomic E-state index is 0.524. The fourth-order valence-electron chi connectivity index (χ4n) is 7.76. The molecule has 0 radical (unpaired) electrons. The van der Waals surface area contributed by atoms with Crippen LogP contribution in [-0.4, -0.2) is 6.04 Å². The van der Waals surface area contributed by atoms with Crippen LogP contribution < -0.4 is 4.90 Å². The molecular formula is C49H41N. The molecule has 1 saturated carbocycles. The number of hydrogen-bond donors (Lipinski definition) is 0. The molecule has 50 heavy (non-hydrogen) atoms. The second-order valence-electron chi connectivity index (χ2n) is 13.2. The summed E-state index contributed by atoms with van der Waals surface area (Å²) in [4.78, 5) is 2.61. The van der Waals surface area contributed by atoms with Gasteiger partial charge in [-0.25, -0.2) is 0 Å². The van der Waals surface area contributed by atoms with Crippen LogP contribution in [0.25, 0.3) is 23.3 Å². The van der Waals surface area contributed by atoms with Gasteiger partial charge in [0.05, 0.1) is 0 Å². The number of nitrogens with zero attached hydrogens (tertiary/aromatic N) is 1. The molecule has 0 bridgehead atoms. The Morgan fingerprint density at radius 1 is 0.480 bits per heavy atom. The van der Waals surface area contributed by atoms with Crippen molar-refractivity contribution in [3.8, 4) is 0 Å². The maximum atomic E-state index is 2.61. The van der Waals surface area contributed by atoms with E-state index in [2.05, 4.69) is 205 Å². The SMILES string of the molecule is C(=Cc1ccc(N2c3ccc(C=CC=C(c4ccccc4)c4ccccc4)cc3C3CCCC32)cc1)C=C(c1ccccc1)c1ccccc1. The molecule has 0 N–H and O–H groups in total. The molecule has 0 spiro atoms. The molecule has 0 saturated heterocycles. The van der Waals surface area contributed by atoms with E-state index in [4.69, 9.17) is 0 Å². The number of hydrogen-bond acceptors (Lipinski definition) is 1. The highest BCUT2D eigenvalue weighted by atomic mass is 15.2. The zero-order valence-electron chi connectivity index (χ0n) is 28.3. The topological polar surface area (TPSA) is 3.24 Å². The van der Waals surface area contributed by atoms with Gasteiger partial charge in [-0.1, -0.05) is 182 Å². The van der Waals surface area contributed by atoms with Crippen molar-refractivity contribution in [2.45, 2.75) is 31.2 Å². The van der Waals surface area contributed by atoms with E-state index >= 15 is 0 Å². The average molecular weight is 644 g/mol. The first-order valence-corrected chi connectivity index (χ1v) is 17.8. The zero-order valence-corrected chi connectivity index (χ0v) is 28.3. The van der Waals surface area contributed by atoms with Crippen molar-refractivity contribution < 1.29 is 0 Å². The molecule has 0 amide bonds. The van der Waals surface area contributed by atoms with Crippen LogP contribution in [0.15, 0.2) is 188 Å². The minimum Gasteiger partial charge on any atom is -0.338 e. The number of allylic oxidation sites excluding steroid dienone is 4. The lowest BCUT2D eigenvalue weighted by atomic mass is 9.95. The first-order valence-electron chi connectivity index (χ1n) is 17.8. The Balaban J connectivity index is 1.03. The molecule has 1 fully saturated rings. The van der Waals surface area contributed by atoms with Gasteiger partial charge in [-0.2, -0.15) is 0 Å². The second-order valence-corrected chi connectivity index (χ2v) is 13.2. The van der Waals surface area contributed by atoms with Gasteiger partial charge in [0.1, 0.15) is 0 Å². The van der Waals surface area contributed by atoms with Gasteiger partial charge < -0.3 is 4.90 Å². The highest BCUT2D eigenvalue weighted by molar-refractivity contribution is 5.83. The van der Waals surface area contributed by atoms with Gasteiger partial charge in [-0.15, -0.1) is 0 Å². The standard InChI is InChI=1S/C49H41N/c1-5-18-39(19-6-1)44(40-20-7-2-8-21-40)26-13-16-37-30-33-43(34-31-37)50-48-29-15-28-46(48)47-36-38(32-35-49(47)50)17-14-27-45(41-22-9-3-10-23-41)42-24-11-4-12-25-42/h1-14,16-27,30-36,46,48H,15,28-29H2. The van der Waals surface area contributed by atoms with Gasteiger partial charge in [0.2, 0.25) is 0 Å². The van der Waals surface area contributed by atoms with Crippen LogP contribution in [0.5, 0.6) is 0 Å². The van der Waals surface area contributed by atoms with Gasteiger partial charge in [0.15, 0.2) is 0 Å². The molecule has 8 rings (SSSR count). The molecule has 6 aromatic rings. The van der Waals surface area contributed by atoms with Crippen molar-refractivity contribution in [3.05, 3.63) is 227 Å². The molecule has 1 heterocycles.